The average Bonchev–Trinajstić information content (AvgIpc) is 3.23. The van der Waals surface area contributed by atoms with Gasteiger partial charge < -0.3 is 0 Å². The predicted molar refractivity (Wildman–Crippen MR) is 78.8 cm³/mol. The van der Waals surface area contributed by atoms with E-state index < -0.39 is 0 Å². The highest BCUT2D eigenvalue weighted by Gasteiger charge is 2.39. The number of aryl methyl sites for hydroxylation is 1. The van der Waals surface area contributed by atoms with E-state index in [-0.39, 0.29) is 5.92 Å². The maximum Gasteiger partial charge on any atom is 0.133 e. The average molecular weight is 254 g/mol. The van der Waals surface area contributed by atoms with Crippen LogP contribution in [0.5, 0.6) is 0 Å². The van der Waals surface area contributed by atoms with Gasteiger partial charge in [0.1, 0.15) is 5.78 Å². The lowest BCUT2D eigenvalue weighted by Gasteiger charge is -2.29. The first-order valence-corrected chi connectivity index (χ1v) is 7.43. The van der Waals surface area contributed by atoms with Crippen molar-refractivity contribution in [2.24, 2.45) is 17.8 Å². The Morgan fingerprint density at radius 2 is 1.79 bits per heavy atom. The minimum Gasteiger partial charge on any atom is -0.300 e. The number of hydrogen-bond acceptors (Lipinski definition) is 1. The van der Waals surface area contributed by atoms with Crippen molar-refractivity contribution in [1.82, 2.24) is 0 Å². The van der Waals surface area contributed by atoms with Crippen LogP contribution in [0.1, 0.15) is 43.7 Å². The lowest BCUT2D eigenvalue weighted by atomic mass is 9.75. The molecule has 19 heavy (non-hydrogen) atoms. The molecule has 0 heterocycles. The topological polar surface area (TPSA) is 17.1 Å². The zero-order valence-corrected chi connectivity index (χ0v) is 11.9. The Bertz CT molecular complexity index is 505. The van der Waals surface area contributed by atoms with Crippen LogP contribution in [0.15, 0.2) is 30.3 Å². The van der Waals surface area contributed by atoms with Gasteiger partial charge in [-0.15, -0.1) is 0 Å². The third kappa shape index (κ3) is 2.65. The molecule has 0 aromatic heterocycles. The van der Waals surface area contributed by atoms with Crippen LogP contribution in [-0.4, -0.2) is 5.78 Å². The van der Waals surface area contributed by atoms with E-state index in [1.54, 1.807) is 6.92 Å². The van der Waals surface area contributed by atoms with Crippen LogP contribution in [0.3, 0.4) is 0 Å². The number of carbonyl (C=O) groups is 1. The second-order valence-corrected chi connectivity index (χ2v) is 6.23. The lowest BCUT2D eigenvalue weighted by molar-refractivity contribution is -0.122. The SMILES string of the molecule is CC(=O)[C@@H]1CCC(c2ccc(C)cc2)=C[C@H]1C1CC1. The number of Topliss-reactive ketones (excluding diaryl/α,β-unsaturated/α-hetero) is 1. The molecule has 0 spiro atoms. The van der Waals surface area contributed by atoms with Crippen molar-refractivity contribution in [2.75, 3.05) is 0 Å². The molecule has 0 bridgehead atoms. The maximum absolute atomic E-state index is 11.8. The summed E-state index contributed by atoms with van der Waals surface area (Å²) in [6.45, 7) is 3.89. The number of benzene rings is 1. The minimum absolute atomic E-state index is 0.279. The summed E-state index contributed by atoms with van der Waals surface area (Å²) in [6.07, 6.45) is 7.13. The van der Waals surface area contributed by atoms with E-state index in [2.05, 4.69) is 37.3 Å². The monoisotopic (exact) mass is 254 g/mol. The second kappa shape index (κ2) is 4.96. The van der Waals surface area contributed by atoms with Gasteiger partial charge in [-0.1, -0.05) is 35.9 Å². The molecular formula is C18H22O. The molecule has 0 saturated heterocycles. The summed E-state index contributed by atoms with van der Waals surface area (Å²) in [7, 11) is 0. The van der Waals surface area contributed by atoms with Gasteiger partial charge in [0.25, 0.3) is 0 Å². The number of ketones is 1. The van der Waals surface area contributed by atoms with Crippen molar-refractivity contribution in [3.8, 4) is 0 Å². The Balaban J connectivity index is 1.88. The van der Waals surface area contributed by atoms with Crippen molar-refractivity contribution in [3.63, 3.8) is 0 Å². The third-order valence-electron chi connectivity index (χ3n) is 4.69. The lowest BCUT2D eigenvalue weighted by Crippen LogP contribution is -2.25. The highest BCUT2D eigenvalue weighted by Crippen LogP contribution is 2.47. The van der Waals surface area contributed by atoms with E-state index >= 15 is 0 Å². The highest BCUT2D eigenvalue weighted by molar-refractivity contribution is 5.81. The summed E-state index contributed by atoms with van der Waals surface area (Å²) < 4.78 is 0. The van der Waals surface area contributed by atoms with Crippen LogP contribution in [-0.2, 0) is 4.79 Å². The largest absolute Gasteiger partial charge is 0.300 e. The minimum atomic E-state index is 0.279. The van der Waals surface area contributed by atoms with Crippen LogP contribution in [0, 0.1) is 24.7 Å². The Morgan fingerprint density at radius 1 is 1.11 bits per heavy atom. The molecule has 0 amide bonds. The molecule has 0 unspecified atom stereocenters. The number of carbonyl (C=O) groups excluding carboxylic acids is 1. The fourth-order valence-electron chi connectivity index (χ4n) is 3.36. The second-order valence-electron chi connectivity index (χ2n) is 6.23. The highest BCUT2D eigenvalue weighted by atomic mass is 16.1. The van der Waals surface area contributed by atoms with Crippen molar-refractivity contribution in [3.05, 3.63) is 41.5 Å². The van der Waals surface area contributed by atoms with E-state index in [4.69, 9.17) is 0 Å². The van der Waals surface area contributed by atoms with Gasteiger partial charge in [-0.3, -0.25) is 4.79 Å². The van der Waals surface area contributed by atoms with Crippen molar-refractivity contribution < 1.29 is 4.79 Å². The summed E-state index contributed by atoms with van der Waals surface area (Å²) in [5, 5.41) is 0. The van der Waals surface area contributed by atoms with Crippen molar-refractivity contribution in [2.45, 2.75) is 39.5 Å². The molecular weight excluding hydrogens is 232 g/mol. The first-order chi connectivity index (χ1) is 9.15. The summed E-state index contributed by atoms with van der Waals surface area (Å²) >= 11 is 0. The van der Waals surface area contributed by atoms with E-state index in [9.17, 15) is 4.79 Å². The summed E-state index contributed by atoms with van der Waals surface area (Å²) in [6, 6.07) is 8.80. The normalized spacial score (nSPS) is 26.9. The fraction of sp³-hybridized carbons (Fsp3) is 0.500. The van der Waals surface area contributed by atoms with Gasteiger partial charge in [-0.2, -0.15) is 0 Å². The van der Waals surface area contributed by atoms with E-state index in [0.717, 1.165) is 18.8 Å². The molecule has 2 aliphatic carbocycles. The molecule has 1 aromatic carbocycles. The molecule has 0 N–H and O–H groups in total. The molecule has 0 aliphatic heterocycles. The van der Waals surface area contributed by atoms with Gasteiger partial charge in [-0.25, -0.2) is 0 Å². The standard InChI is InChI=1S/C18H22O/c1-12-3-5-14(6-4-12)16-9-10-17(13(2)19)18(11-16)15-7-8-15/h3-6,11,15,17-18H,7-10H2,1-2H3/t17-,18-/m0/s1. The molecule has 100 valence electrons. The van der Waals surface area contributed by atoms with Crippen molar-refractivity contribution in [1.29, 1.82) is 0 Å². The molecule has 1 fully saturated rings. The fourth-order valence-corrected chi connectivity index (χ4v) is 3.36. The van der Waals surface area contributed by atoms with Crippen molar-refractivity contribution >= 4 is 11.4 Å². The van der Waals surface area contributed by atoms with Crippen LogP contribution >= 0.6 is 0 Å². The molecule has 1 nitrogen and oxygen atoms in total. The Hall–Kier alpha value is -1.37. The molecule has 2 atom stereocenters. The van der Waals surface area contributed by atoms with Gasteiger partial charge in [0.15, 0.2) is 0 Å². The van der Waals surface area contributed by atoms with Gasteiger partial charge >= 0.3 is 0 Å². The van der Waals surface area contributed by atoms with E-state index in [1.807, 2.05) is 0 Å². The van der Waals surface area contributed by atoms with Crippen LogP contribution in [0.25, 0.3) is 5.57 Å². The van der Waals surface area contributed by atoms with E-state index in [0.29, 0.717) is 11.7 Å². The summed E-state index contributed by atoms with van der Waals surface area (Å²) in [4.78, 5) is 11.8. The number of allylic oxidation sites excluding steroid dienone is 2. The van der Waals surface area contributed by atoms with Crippen LogP contribution in [0.2, 0.25) is 0 Å². The summed E-state index contributed by atoms with van der Waals surface area (Å²) in [5.41, 5.74) is 4.10. The Labute approximate surface area is 115 Å². The number of hydrogen-bond donors (Lipinski definition) is 0. The predicted octanol–water partition coefficient (Wildman–Crippen LogP) is 4.40. The summed E-state index contributed by atoms with van der Waals surface area (Å²) in [5.74, 6) is 1.94. The Morgan fingerprint density at radius 3 is 2.37 bits per heavy atom. The van der Waals surface area contributed by atoms with Crippen LogP contribution < -0.4 is 0 Å². The smallest absolute Gasteiger partial charge is 0.133 e. The molecule has 1 saturated carbocycles. The maximum atomic E-state index is 11.8. The Kier molecular flexibility index (Phi) is 3.30. The zero-order chi connectivity index (χ0) is 13.4. The first kappa shape index (κ1) is 12.7. The zero-order valence-electron chi connectivity index (χ0n) is 11.9. The number of rotatable bonds is 3. The molecule has 0 radical (unpaired) electrons. The first-order valence-electron chi connectivity index (χ1n) is 7.43. The molecule has 2 aliphatic rings. The van der Waals surface area contributed by atoms with Gasteiger partial charge in [0.2, 0.25) is 0 Å². The third-order valence-corrected chi connectivity index (χ3v) is 4.69. The molecule has 1 aromatic rings. The van der Waals surface area contributed by atoms with Gasteiger partial charge in [-0.05, 0) is 62.5 Å². The molecule has 1 heteroatoms. The van der Waals surface area contributed by atoms with Gasteiger partial charge in [0, 0.05) is 5.92 Å². The molecule has 3 rings (SSSR count). The van der Waals surface area contributed by atoms with E-state index in [1.165, 1.54) is 29.5 Å². The van der Waals surface area contributed by atoms with Crippen LogP contribution in [0.4, 0.5) is 0 Å². The quantitative estimate of drug-likeness (QED) is 0.781. The van der Waals surface area contributed by atoms with Gasteiger partial charge in [0.05, 0.1) is 0 Å².